The van der Waals surface area contributed by atoms with Crippen LogP contribution in [0.15, 0.2) is 99.4 Å². The number of para-hydroxylation sites is 1. The summed E-state index contributed by atoms with van der Waals surface area (Å²) < 4.78 is 6.89. The zero-order valence-electron chi connectivity index (χ0n) is 18.3. The summed E-state index contributed by atoms with van der Waals surface area (Å²) in [5.41, 5.74) is 1.64. The maximum absolute atomic E-state index is 13.6. The number of benzene rings is 3. The van der Waals surface area contributed by atoms with Crippen molar-refractivity contribution < 1.29 is 14.0 Å². The number of furan rings is 1. The molecular formula is C27H15BrCl2N2O3S. The Morgan fingerprint density at radius 2 is 1.44 bits per heavy atom. The van der Waals surface area contributed by atoms with Gasteiger partial charge in [-0.15, -0.1) is 0 Å². The summed E-state index contributed by atoms with van der Waals surface area (Å²) in [5, 5.41) is 0.587. The topological polar surface area (TPSA) is 53.8 Å². The van der Waals surface area contributed by atoms with Crippen LogP contribution in [0.2, 0.25) is 10.0 Å². The van der Waals surface area contributed by atoms with E-state index in [0.717, 1.165) is 10.0 Å². The van der Waals surface area contributed by atoms with Crippen LogP contribution in [-0.4, -0.2) is 16.9 Å². The minimum Gasteiger partial charge on any atom is -0.457 e. The molecule has 36 heavy (non-hydrogen) atoms. The van der Waals surface area contributed by atoms with Crippen molar-refractivity contribution in [2.75, 3.05) is 9.80 Å². The van der Waals surface area contributed by atoms with Gasteiger partial charge in [0.25, 0.3) is 11.8 Å². The molecule has 1 aliphatic rings. The number of amides is 2. The first-order valence-electron chi connectivity index (χ1n) is 10.6. The van der Waals surface area contributed by atoms with Crippen LogP contribution in [0, 0.1) is 0 Å². The summed E-state index contributed by atoms with van der Waals surface area (Å²) in [7, 11) is 0. The van der Waals surface area contributed by atoms with Crippen molar-refractivity contribution in [3.8, 4) is 11.3 Å². The van der Waals surface area contributed by atoms with Crippen molar-refractivity contribution in [1.82, 2.24) is 0 Å². The highest BCUT2D eigenvalue weighted by atomic mass is 79.9. The molecule has 9 heteroatoms. The molecule has 0 saturated carbocycles. The minimum absolute atomic E-state index is 0.00161. The Morgan fingerprint density at radius 1 is 0.778 bits per heavy atom. The number of carbonyl (C=O) groups excluding carboxylic acids is 2. The van der Waals surface area contributed by atoms with E-state index in [1.54, 1.807) is 48.5 Å². The van der Waals surface area contributed by atoms with Gasteiger partial charge in [-0.25, -0.2) is 0 Å². The number of carbonyl (C=O) groups is 2. The van der Waals surface area contributed by atoms with Crippen LogP contribution in [-0.2, 0) is 9.59 Å². The van der Waals surface area contributed by atoms with Crippen LogP contribution in [0.4, 0.5) is 11.4 Å². The Hall–Kier alpha value is -3.23. The maximum atomic E-state index is 13.6. The largest absolute Gasteiger partial charge is 0.457 e. The molecule has 1 aliphatic heterocycles. The molecule has 1 aromatic heterocycles. The van der Waals surface area contributed by atoms with Gasteiger partial charge in [0, 0.05) is 10.0 Å². The van der Waals surface area contributed by atoms with E-state index in [4.69, 9.17) is 39.8 Å². The second kappa shape index (κ2) is 10.0. The van der Waals surface area contributed by atoms with Crippen molar-refractivity contribution in [3.63, 3.8) is 0 Å². The van der Waals surface area contributed by atoms with Gasteiger partial charge in [0.05, 0.1) is 21.4 Å². The fourth-order valence-electron chi connectivity index (χ4n) is 3.73. The van der Waals surface area contributed by atoms with E-state index in [9.17, 15) is 9.59 Å². The minimum atomic E-state index is -0.600. The summed E-state index contributed by atoms with van der Waals surface area (Å²) in [6.07, 6.45) is 1.43. The van der Waals surface area contributed by atoms with Gasteiger partial charge in [-0.3, -0.25) is 19.4 Å². The second-order valence-electron chi connectivity index (χ2n) is 7.76. The standard InChI is InChI=1S/C27H15BrCl2N2O3S/c28-17-8-6-16(7-9-17)24-13-11-20(35-24)15-21-25(33)31(18-4-2-1-3-5-18)27(36)32(26(21)34)19-10-12-22(29)23(30)14-19/h1-15H/b21-15+. The molecule has 0 spiro atoms. The van der Waals surface area contributed by atoms with Crippen molar-refractivity contribution in [2.24, 2.45) is 0 Å². The Balaban J connectivity index is 1.60. The molecule has 5 nitrogen and oxygen atoms in total. The summed E-state index contributed by atoms with van der Waals surface area (Å²) in [6, 6.07) is 24.7. The number of anilines is 2. The van der Waals surface area contributed by atoms with Crippen molar-refractivity contribution >= 4 is 85.7 Å². The predicted octanol–water partition coefficient (Wildman–Crippen LogP) is 7.76. The Labute approximate surface area is 230 Å². The number of thiocarbonyl (C=S) groups is 1. The molecule has 0 unspecified atom stereocenters. The normalized spacial score (nSPS) is 15.2. The highest BCUT2D eigenvalue weighted by Crippen LogP contribution is 2.34. The van der Waals surface area contributed by atoms with Gasteiger partial charge in [-0.05, 0) is 72.9 Å². The fourth-order valence-corrected chi connectivity index (χ4v) is 4.66. The van der Waals surface area contributed by atoms with E-state index in [1.165, 1.54) is 21.9 Å². The summed E-state index contributed by atoms with van der Waals surface area (Å²) >= 11 is 21.3. The van der Waals surface area contributed by atoms with E-state index < -0.39 is 11.8 Å². The average Bonchev–Trinajstić information content (AvgIpc) is 3.34. The lowest BCUT2D eigenvalue weighted by Crippen LogP contribution is -2.56. The van der Waals surface area contributed by atoms with Crippen LogP contribution in [0.25, 0.3) is 17.4 Å². The van der Waals surface area contributed by atoms with E-state index in [2.05, 4.69) is 15.9 Å². The maximum Gasteiger partial charge on any atom is 0.270 e. The molecule has 178 valence electrons. The van der Waals surface area contributed by atoms with E-state index >= 15 is 0 Å². The predicted molar refractivity (Wildman–Crippen MR) is 150 cm³/mol. The lowest BCUT2D eigenvalue weighted by atomic mass is 10.1. The number of hydrogen-bond acceptors (Lipinski definition) is 4. The molecule has 4 aromatic rings. The quantitative estimate of drug-likeness (QED) is 0.137. The van der Waals surface area contributed by atoms with E-state index in [0.29, 0.717) is 27.9 Å². The zero-order valence-corrected chi connectivity index (χ0v) is 22.2. The molecule has 2 amide bonds. The molecule has 0 radical (unpaired) electrons. The Morgan fingerprint density at radius 3 is 2.11 bits per heavy atom. The first kappa shape index (κ1) is 24.5. The van der Waals surface area contributed by atoms with Gasteiger partial charge in [0.15, 0.2) is 5.11 Å². The van der Waals surface area contributed by atoms with Gasteiger partial charge < -0.3 is 4.42 Å². The molecule has 0 atom stereocenters. The summed E-state index contributed by atoms with van der Waals surface area (Å²) in [5.74, 6) is -0.215. The van der Waals surface area contributed by atoms with Crippen molar-refractivity contribution in [2.45, 2.75) is 0 Å². The van der Waals surface area contributed by atoms with Gasteiger partial charge in [0.1, 0.15) is 17.1 Å². The molecular weight excluding hydrogens is 583 g/mol. The zero-order chi connectivity index (χ0) is 25.4. The van der Waals surface area contributed by atoms with Crippen molar-refractivity contribution in [1.29, 1.82) is 0 Å². The lowest BCUT2D eigenvalue weighted by molar-refractivity contribution is -0.120. The molecule has 0 bridgehead atoms. The Kier molecular flexibility index (Phi) is 6.81. The lowest BCUT2D eigenvalue weighted by Gasteiger charge is -2.36. The van der Waals surface area contributed by atoms with Crippen LogP contribution >= 0.6 is 51.3 Å². The van der Waals surface area contributed by atoms with Gasteiger partial charge >= 0.3 is 0 Å². The first-order chi connectivity index (χ1) is 17.3. The monoisotopic (exact) mass is 596 g/mol. The second-order valence-corrected chi connectivity index (χ2v) is 9.86. The highest BCUT2D eigenvalue weighted by Gasteiger charge is 2.41. The molecule has 2 heterocycles. The molecule has 1 fully saturated rings. The van der Waals surface area contributed by atoms with Crippen LogP contribution in [0.1, 0.15) is 5.76 Å². The summed E-state index contributed by atoms with van der Waals surface area (Å²) in [4.78, 5) is 29.8. The third-order valence-electron chi connectivity index (χ3n) is 5.47. The van der Waals surface area contributed by atoms with Gasteiger partial charge in [0.2, 0.25) is 0 Å². The van der Waals surface area contributed by atoms with Crippen LogP contribution < -0.4 is 9.80 Å². The van der Waals surface area contributed by atoms with E-state index in [1.807, 2.05) is 30.3 Å². The number of halogens is 3. The smallest absolute Gasteiger partial charge is 0.270 e. The molecule has 0 aliphatic carbocycles. The molecule has 3 aromatic carbocycles. The highest BCUT2D eigenvalue weighted by molar-refractivity contribution is 9.10. The average molecular weight is 598 g/mol. The summed E-state index contributed by atoms with van der Waals surface area (Å²) in [6.45, 7) is 0. The van der Waals surface area contributed by atoms with Crippen molar-refractivity contribution in [3.05, 3.63) is 111 Å². The third kappa shape index (κ3) is 4.63. The third-order valence-corrected chi connectivity index (χ3v) is 7.10. The number of nitrogens with zero attached hydrogens (tertiary/aromatic N) is 2. The molecule has 0 N–H and O–H groups in total. The van der Waals surface area contributed by atoms with E-state index in [-0.39, 0.29) is 15.7 Å². The van der Waals surface area contributed by atoms with Gasteiger partial charge in [-0.2, -0.15) is 0 Å². The number of hydrogen-bond donors (Lipinski definition) is 0. The SMILES string of the molecule is O=C1/C(=C\c2ccc(-c3ccc(Br)cc3)o2)C(=O)N(c2ccc(Cl)c(Cl)c2)C(=S)N1c1ccccc1. The van der Waals surface area contributed by atoms with Crippen LogP contribution in [0.5, 0.6) is 0 Å². The van der Waals surface area contributed by atoms with Crippen LogP contribution in [0.3, 0.4) is 0 Å². The van der Waals surface area contributed by atoms with Gasteiger partial charge in [-0.1, -0.05) is 69.5 Å². The Bertz CT molecular complexity index is 1530. The fraction of sp³-hybridized carbons (Fsp3) is 0. The number of rotatable bonds is 4. The molecule has 1 saturated heterocycles. The molecule has 5 rings (SSSR count). The first-order valence-corrected chi connectivity index (χ1v) is 12.6.